The van der Waals surface area contributed by atoms with E-state index in [-0.39, 0.29) is 0 Å². The van der Waals surface area contributed by atoms with E-state index in [0.29, 0.717) is 11.7 Å². The van der Waals surface area contributed by atoms with Gasteiger partial charge in [-0.15, -0.1) is 0 Å². The average Bonchev–Trinajstić information content (AvgIpc) is 1.85. The molecule has 0 aromatic heterocycles. The first-order valence-electron chi connectivity index (χ1n) is 4.04. The normalized spacial score (nSPS) is 12.6. The Bertz CT molecular complexity index is 103. The Hall–Kier alpha value is -0.460. The van der Waals surface area contributed by atoms with Crippen LogP contribution in [0, 0.1) is 5.92 Å². The van der Waals surface area contributed by atoms with Crippen molar-refractivity contribution in [2.24, 2.45) is 5.92 Å². The van der Waals surface area contributed by atoms with Crippen LogP contribution in [-0.2, 0) is 0 Å². The van der Waals surface area contributed by atoms with Crippen LogP contribution in [0.5, 0.6) is 0 Å². The second-order valence-corrected chi connectivity index (χ2v) is 3.04. The van der Waals surface area contributed by atoms with Crippen LogP contribution in [0.25, 0.3) is 0 Å². The lowest BCUT2D eigenvalue weighted by atomic mass is 10.1. The molecule has 0 bridgehead atoms. The minimum absolute atomic E-state index is 0.552. The van der Waals surface area contributed by atoms with E-state index in [2.05, 4.69) is 13.8 Å². The van der Waals surface area contributed by atoms with Crippen molar-refractivity contribution in [2.45, 2.75) is 40.0 Å². The minimum atomic E-state index is 0.552. The molecule has 0 rings (SSSR count). The summed E-state index contributed by atoms with van der Waals surface area (Å²) in [4.78, 5) is 0. The Kier molecular flexibility index (Phi) is 5.09. The summed E-state index contributed by atoms with van der Waals surface area (Å²) >= 11 is 0. The van der Waals surface area contributed by atoms with Crippen LogP contribution < -0.4 is 0 Å². The van der Waals surface area contributed by atoms with Crippen molar-refractivity contribution in [3.05, 3.63) is 11.8 Å². The fourth-order valence-corrected chi connectivity index (χ4v) is 0.774. The van der Waals surface area contributed by atoms with Crippen LogP contribution in [0.1, 0.15) is 40.0 Å². The zero-order valence-corrected chi connectivity index (χ0v) is 7.22. The fraction of sp³-hybridized carbons (Fsp3) is 0.778. The predicted molar refractivity (Wildman–Crippen MR) is 45.1 cm³/mol. The molecule has 0 saturated carbocycles. The predicted octanol–water partition coefficient (Wildman–Crippen LogP) is 3.27. The molecule has 0 spiro atoms. The van der Waals surface area contributed by atoms with Crippen LogP contribution >= 0.6 is 0 Å². The van der Waals surface area contributed by atoms with Gasteiger partial charge in [0.25, 0.3) is 0 Å². The van der Waals surface area contributed by atoms with Crippen LogP contribution in [0.3, 0.4) is 0 Å². The van der Waals surface area contributed by atoms with Gasteiger partial charge in [0.05, 0.1) is 5.76 Å². The van der Waals surface area contributed by atoms with Crippen LogP contribution in [0.4, 0.5) is 0 Å². The smallest absolute Gasteiger partial charge is 0.0882 e. The molecule has 1 nitrogen and oxygen atoms in total. The standard InChI is InChI=1S/C9H18O/c1-4-5-9(10)7-6-8(2)3/h5,8,10H,4,6-7H2,1-3H3. The third-order valence-electron chi connectivity index (χ3n) is 1.42. The molecule has 0 radical (unpaired) electrons. The van der Waals surface area contributed by atoms with E-state index in [0.717, 1.165) is 19.3 Å². The molecule has 0 saturated heterocycles. The van der Waals surface area contributed by atoms with E-state index in [1.165, 1.54) is 0 Å². The second-order valence-electron chi connectivity index (χ2n) is 3.04. The highest BCUT2D eigenvalue weighted by Gasteiger charge is 1.95. The molecule has 0 aromatic rings. The molecule has 10 heavy (non-hydrogen) atoms. The van der Waals surface area contributed by atoms with Gasteiger partial charge in [-0.25, -0.2) is 0 Å². The molecule has 0 aliphatic carbocycles. The van der Waals surface area contributed by atoms with Crippen molar-refractivity contribution in [1.29, 1.82) is 0 Å². The lowest BCUT2D eigenvalue weighted by molar-refractivity contribution is 0.369. The molecule has 0 heterocycles. The first kappa shape index (κ1) is 9.54. The highest BCUT2D eigenvalue weighted by molar-refractivity contribution is 4.89. The van der Waals surface area contributed by atoms with Crippen molar-refractivity contribution in [2.75, 3.05) is 0 Å². The van der Waals surface area contributed by atoms with E-state index in [9.17, 15) is 0 Å². The van der Waals surface area contributed by atoms with Crippen LogP contribution in [0.2, 0.25) is 0 Å². The van der Waals surface area contributed by atoms with E-state index in [4.69, 9.17) is 5.11 Å². The molecule has 0 aliphatic rings. The van der Waals surface area contributed by atoms with Gasteiger partial charge in [0.2, 0.25) is 0 Å². The van der Waals surface area contributed by atoms with E-state index >= 15 is 0 Å². The Morgan fingerprint density at radius 2 is 2.10 bits per heavy atom. The van der Waals surface area contributed by atoms with E-state index < -0.39 is 0 Å². The monoisotopic (exact) mass is 142 g/mol. The van der Waals surface area contributed by atoms with Crippen molar-refractivity contribution in [3.8, 4) is 0 Å². The number of hydrogen-bond acceptors (Lipinski definition) is 1. The highest BCUT2D eigenvalue weighted by atomic mass is 16.3. The Morgan fingerprint density at radius 1 is 1.50 bits per heavy atom. The van der Waals surface area contributed by atoms with Crippen molar-refractivity contribution >= 4 is 0 Å². The molecule has 0 amide bonds. The first-order valence-corrected chi connectivity index (χ1v) is 4.04. The molecule has 0 unspecified atom stereocenters. The molecule has 0 aliphatic heterocycles. The number of hydrogen-bond donors (Lipinski definition) is 1. The molecule has 0 fully saturated rings. The lowest BCUT2D eigenvalue weighted by Gasteiger charge is -2.02. The summed E-state index contributed by atoms with van der Waals surface area (Å²) in [5, 5.41) is 9.16. The maximum Gasteiger partial charge on any atom is 0.0882 e. The molecule has 0 atom stereocenters. The maximum absolute atomic E-state index is 9.16. The van der Waals surface area contributed by atoms with Gasteiger partial charge in [-0.05, 0) is 24.8 Å². The number of allylic oxidation sites excluding steroid dienone is 2. The zero-order valence-electron chi connectivity index (χ0n) is 7.22. The number of rotatable bonds is 4. The van der Waals surface area contributed by atoms with Gasteiger partial charge in [-0.2, -0.15) is 0 Å². The molecular formula is C9H18O. The minimum Gasteiger partial charge on any atom is -0.513 e. The third-order valence-corrected chi connectivity index (χ3v) is 1.42. The van der Waals surface area contributed by atoms with Gasteiger partial charge in [0.15, 0.2) is 0 Å². The van der Waals surface area contributed by atoms with Crippen molar-refractivity contribution in [3.63, 3.8) is 0 Å². The van der Waals surface area contributed by atoms with Gasteiger partial charge in [-0.1, -0.05) is 20.8 Å². The van der Waals surface area contributed by atoms with Gasteiger partial charge < -0.3 is 5.11 Å². The van der Waals surface area contributed by atoms with E-state index in [1.807, 2.05) is 13.0 Å². The second kappa shape index (κ2) is 5.33. The van der Waals surface area contributed by atoms with Gasteiger partial charge >= 0.3 is 0 Å². The molecule has 60 valence electrons. The summed E-state index contributed by atoms with van der Waals surface area (Å²) in [7, 11) is 0. The molecule has 0 aromatic carbocycles. The Labute approximate surface area is 63.8 Å². The van der Waals surface area contributed by atoms with Gasteiger partial charge in [-0.3, -0.25) is 0 Å². The SMILES string of the molecule is CCC=C(O)CCC(C)C. The summed E-state index contributed by atoms with van der Waals surface area (Å²) in [5.41, 5.74) is 0. The number of aliphatic hydroxyl groups excluding tert-OH is 1. The quantitative estimate of drug-likeness (QED) is 0.597. The third kappa shape index (κ3) is 5.67. The Balaban J connectivity index is 3.39. The average molecular weight is 142 g/mol. The van der Waals surface area contributed by atoms with Gasteiger partial charge in [0, 0.05) is 6.42 Å². The number of aliphatic hydroxyl groups is 1. The first-order chi connectivity index (χ1) is 4.66. The molecular weight excluding hydrogens is 124 g/mol. The topological polar surface area (TPSA) is 20.2 Å². The van der Waals surface area contributed by atoms with Crippen LogP contribution in [-0.4, -0.2) is 5.11 Å². The molecule has 1 N–H and O–H groups in total. The van der Waals surface area contributed by atoms with E-state index in [1.54, 1.807) is 0 Å². The lowest BCUT2D eigenvalue weighted by Crippen LogP contribution is -1.89. The zero-order chi connectivity index (χ0) is 7.98. The van der Waals surface area contributed by atoms with Gasteiger partial charge in [0.1, 0.15) is 0 Å². The van der Waals surface area contributed by atoms with Crippen LogP contribution in [0.15, 0.2) is 11.8 Å². The highest BCUT2D eigenvalue weighted by Crippen LogP contribution is 2.08. The Morgan fingerprint density at radius 3 is 2.50 bits per heavy atom. The summed E-state index contributed by atoms with van der Waals surface area (Å²) in [6.45, 7) is 6.37. The summed E-state index contributed by atoms with van der Waals surface area (Å²) in [5.74, 6) is 1.24. The maximum atomic E-state index is 9.16. The summed E-state index contributed by atoms with van der Waals surface area (Å²) in [6.07, 6.45) is 4.74. The largest absolute Gasteiger partial charge is 0.513 e. The summed E-state index contributed by atoms with van der Waals surface area (Å²) in [6, 6.07) is 0. The van der Waals surface area contributed by atoms with Crippen molar-refractivity contribution in [1.82, 2.24) is 0 Å². The fourth-order valence-electron chi connectivity index (χ4n) is 0.774. The summed E-state index contributed by atoms with van der Waals surface area (Å²) < 4.78 is 0. The van der Waals surface area contributed by atoms with Crippen molar-refractivity contribution < 1.29 is 5.11 Å². The molecule has 1 heteroatoms.